The largest absolute Gasteiger partial charge is 0.322 e. The Kier molecular flexibility index (Phi) is 6.39. The third-order valence-corrected chi connectivity index (χ3v) is 3.82. The Morgan fingerprint density at radius 1 is 1.12 bits per heavy atom. The van der Waals surface area contributed by atoms with Gasteiger partial charge >= 0.3 is 6.03 Å². The summed E-state index contributed by atoms with van der Waals surface area (Å²) in [7, 11) is 0. The summed E-state index contributed by atoms with van der Waals surface area (Å²) in [6.45, 7) is 5.09. The molecule has 0 heterocycles. The molecule has 0 spiro atoms. The van der Waals surface area contributed by atoms with Crippen molar-refractivity contribution in [3.8, 4) is 6.07 Å². The van der Waals surface area contributed by atoms with Gasteiger partial charge in [0.1, 0.15) is 0 Å². The van der Waals surface area contributed by atoms with Crippen LogP contribution in [0.2, 0.25) is 0 Å². The SMILES string of the molecule is CC(C)c1ccccc1NC(=O)N(CCC#N)Cc1ccccc1. The van der Waals surface area contributed by atoms with Gasteiger partial charge in [0.2, 0.25) is 0 Å². The second-order valence-corrected chi connectivity index (χ2v) is 5.99. The number of urea groups is 1. The van der Waals surface area contributed by atoms with Gasteiger partial charge in [0.25, 0.3) is 0 Å². The summed E-state index contributed by atoms with van der Waals surface area (Å²) in [6, 6.07) is 19.6. The fraction of sp³-hybridized carbons (Fsp3) is 0.300. The quantitative estimate of drug-likeness (QED) is 0.834. The molecule has 2 rings (SSSR count). The Labute approximate surface area is 143 Å². The third-order valence-electron chi connectivity index (χ3n) is 3.82. The minimum atomic E-state index is -0.179. The standard InChI is InChI=1S/C20H23N3O/c1-16(2)18-11-6-7-12-19(18)22-20(24)23(14-8-13-21)15-17-9-4-3-5-10-17/h3-7,9-12,16H,8,14-15H2,1-2H3,(H,22,24). The number of nitriles is 1. The van der Waals surface area contributed by atoms with Gasteiger partial charge < -0.3 is 10.2 Å². The van der Waals surface area contributed by atoms with Crippen molar-refractivity contribution in [1.82, 2.24) is 4.90 Å². The summed E-state index contributed by atoms with van der Waals surface area (Å²) < 4.78 is 0. The number of nitrogens with zero attached hydrogens (tertiary/aromatic N) is 2. The molecule has 0 unspecified atom stereocenters. The molecule has 0 saturated heterocycles. The average Bonchev–Trinajstić information content (AvgIpc) is 2.59. The van der Waals surface area contributed by atoms with Crippen LogP contribution in [0.1, 0.15) is 37.3 Å². The first-order valence-corrected chi connectivity index (χ1v) is 8.17. The van der Waals surface area contributed by atoms with Crippen molar-refractivity contribution in [1.29, 1.82) is 5.26 Å². The van der Waals surface area contributed by atoms with Crippen LogP contribution in [0.25, 0.3) is 0 Å². The van der Waals surface area contributed by atoms with Crippen molar-refractivity contribution in [3.05, 3.63) is 65.7 Å². The first-order valence-electron chi connectivity index (χ1n) is 8.17. The Morgan fingerprint density at radius 3 is 2.46 bits per heavy atom. The topological polar surface area (TPSA) is 56.1 Å². The van der Waals surface area contributed by atoms with Gasteiger partial charge in [0.05, 0.1) is 12.5 Å². The molecule has 0 aromatic heterocycles. The Hall–Kier alpha value is -2.80. The summed E-state index contributed by atoms with van der Waals surface area (Å²) in [5.41, 5.74) is 2.97. The van der Waals surface area contributed by atoms with Gasteiger partial charge in [-0.25, -0.2) is 4.79 Å². The molecule has 124 valence electrons. The molecule has 24 heavy (non-hydrogen) atoms. The first-order chi connectivity index (χ1) is 11.6. The van der Waals surface area contributed by atoms with Crippen molar-refractivity contribution < 1.29 is 4.79 Å². The van der Waals surface area contributed by atoms with Crippen molar-refractivity contribution in [3.63, 3.8) is 0 Å². The van der Waals surface area contributed by atoms with Crippen LogP contribution in [0, 0.1) is 11.3 Å². The predicted molar refractivity (Wildman–Crippen MR) is 96.6 cm³/mol. The zero-order chi connectivity index (χ0) is 17.4. The average molecular weight is 321 g/mol. The van der Waals surface area contributed by atoms with E-state index in [1.807, 2.05) is 54.6 Å². The van der Waals surface area contributed by atoms with Crippen LogP contribution in [-0.4, -0.2) is 17.5 Å². The molecule has 2 amide bonds. The van der Waals surface area contributed by atoms with Gasteiger partial charge in [-0.15, -0.1) is 0 Å². The highest BCUT2D eigenvalue weighted by molar-refractivity contribution is 5.90. The van der Waals surface area contributed by atoms with Gasteiger partial charge in [0.15, 0.2) is 0 Å². The lowest BCUT2D eigenvalue weighted by Gasteiger charge is -2.23. The molecule has 0 bridgehead atoms. The molecular formula is C20H23N3O. The zero-order valence-corrected chi connectivity index (χ0v) is 14.2. The molecule has 2 aromatic carbocycles. The second-order valence-electron chi connectivity index (χ2n) is 5.99. The summed E-state index contributed by atoms with van der Waals surface area (Å²) in [6.07, 6.45) is 0.312. The number of amides is 2. The number of hydrogen-bond acceptors (Lipinski definition) is 2. The monoisotopic (exact) mass is 321 g/mol. The second kappa shape index (κ2) is 8.73. The number of hydrogen-bond donors (Lipinski definition) is 1. The van der Waals surface area contributed by atoms with Crippen LogP contribution in [0.15, 0.2) is 54.6 Å². The molecule has 0 radical (unpaired) electrons. The molecule has 1 N–H and O–H groups in total. The van der Waals surface area contributed by atoms with Gasteiger partial charge in [-0.1, -0.05) is 62.4 Å². The van der Waals surface area contributed by atoms with E-state index in [1.165, 1.54) is 0 Å². The lowest BCUT2D eigenvalue weighted by Crippen LogP contribution is -2.35. The normalized spacial score (nSPS) is 10.2. The highest BCUT2D eigenvalue weighted by Gasteiger charge is 2.16. The molecule has 4 nitrogen and oxygen atoms in total. The molecule has 0 aliphatic heterocycles. The van der Waals surface area contributed by atoms with Crippen molar-refractivity contribution >= 4 is 11.7 Å². The van der Waals surface area contributed by atoms with E-state index >= 15 is 0 Å². The number of nitrogens with one attached hydrogen (secondary N) is 1. The van der Waals surface area contributed by atoms with E-state index in [9.17, 15) is 4.79 Å². The van der Waals surface area contributed by atoms with E-state index < -0.39 is 0 Å². The van der Waals surface area contributed by atoms with Crippen molar-refractivity contribution in [2.24, 2.45) is 0 Å². The molecule has 0 atom stereocenters. The van der Waals surface area contributed by atoms with Gasteiger partial charge in [0, 0.05) is 18.8 Å². The van der Waals surface area contributed by atoms with Crippen molar-refractivity contribution in [2.75, 3.05) is 11.9 Å². The number of para-hydroxylation sites is 1. The molecule has 0 aliphatic rings. The summed E-state index contributed by atoms with van der Waals surface area (Å²) in [5, 5.41) is 11.9. The summed E-state index contributed by atoms with van der Waals surface area (Å²) in [4.78, 5) is 14.4. The summed E-state index contributed by atoms with van der Waals surface area (Å²) in [5.74, 6) is 0.322. The molecule has 0 fully saturated rings. The van der Waals surface area contributed by atoms with E-state index in [0.29, 0.717) is 25.4 Å². The van der Waals surface area contributed by atoms with E-state index in [4.69, 9.17) is 5.26 Å². The maximum atomic E-state index is 12.7. The Morgan fingerprint density at radius 2 is 1.79 bits per heavy atom. The molecule has 2 aromatic rings. The third kappa shape index (κ3) is 4.85. The van der Waals surface area contributed by atoms with E-state index in [1.54, 1.807) is 4.90 Å². The zero-order valence-electron chi connectivity index (χ0n) is 14.2. The number of carbonyl (C=O) groups is 1. The number of benzene rings is 2. The minimum Gasteiger partial charge on any atom is -0.319 e. The van der Waals surface area contributed by atoms with Crippen LogP contribution in [-0.2, 0) is 6.54 Å². The van der Waals surface area contributed by atoms with Gasteiger partial charge in [-0.05, 0) is 23.1 Å². The molecule has 0 aliphatic carbocycles. The molecule has 4 heteroatoms. The highest BCUT2D eigenvalue weighted by Crippen LogP contribution is 2.24. The summed E-state index contributed by atoms with van der Waals surface area (Å²) >= 11 is 0. The van der Waals surface area contributed by atoms with Crippen LogP contribution < -0.4 is 5.32 Å². The number of rotatable bonds is 6. The molecular weight excluding hydrogens is 298 g/mol. The lowest BCUT2D eigenvalue weighted by atomic mass is 10.0. The van der Waals surface area contributed by atoms with E-state index in [2.05, 4.69) is 25.2 Å². The minimum absolute atomic E-state index is 0.179. The van der Waals surface area contributed by atoms with Crippen LogP contribution in [0.5, 0.6) is 0 Å². The lowest BCUT2D eigenvalue weighted by molar-refractivity contribution is 0.210. The maximum Gasteiger partial charge on any atom is 0.322 e. The Balaban J connectivity index is 2.14. The van der Waals surface area contributed by atoms with Crippen LogP contribution in [0.3, 0.4) is 0 Å². The van der Waals surface area contributed by atoms with Crippen LogP contribution in [0.4, 0.5) is 10.5 Å². The van der Waals surface area contributed by atoms with Crippen LogP contribution >= 0.6 is 0 Å². The van der Waals surface area contributed by atoms with E-state index in [0.717, 1.165) is 16.8 Å². The fourth-order valence-corrected chi connectivity index (χ4v) is 2.55. The number of carbonyl (C=O) groups excluding carboxylic acids is 1. The predicted octanol–water partition coefficient (Wildman–Crippen LogP) is 4.76. The first kappa shape index (κ1) is 17.6. The Bertz CT molecular complexity index is 704. The van der Waals surface area contributed by atoms with Crippen molar-refractivity contribution in [2.45, 2.75) is 32.7 Å². The highest BCUT2D eigenvalue weighted by atomic mass is 16.2. The smallest absolute Gasteiger partial charge is 0.319 e. The number of anilines is 1. The van der Waals surface area contributed by atoms with E-state index in [-0.39, 0.29) is 6.03 Å². The fourth-order valence-electron chi connectivity index (χ4n) is 2.55. The van der Waals surface area contributed by atoms with Gasteiger partial charge in [-0.2, -0.15) is 5.26 Å². The van der Waals surface area contributed by atoms with Gasteiger partial charge in [-0.3, -0.25) is 0 Å². The molecule has 0 saturated carbocycles. The maximum absolute atomic E-state index is 12.7.